The molecule has 1 unspecified atom stereocenters. The smallest absolute Gasteiger partial charge is 0.255 e. The standard InChI is InChI=1S/C20H26F2N4O3/c1-13-20(14(2)26(24-13)15-5-4-6-16(9-15)28-3)17-12-29-8-7-25(17)11-19(27)23-10-18(21)22/h4-6,9,17-18H,7-8,10-12H2,1-3H3,(H,23,27). The van der Waals surface area contributed by atoms with Gasteiger partial charge >= 0.3 is 0 Å². The summed E-state index contributed by atoms with van der Waals surface area (Å²) in [5.41, 5.74) is 3.62. The van der Waals surface area contributed by atoms with E-state index >= 15 is 0 Å². The lowest BCUT2D eigenvalue weighted by Gasteiger charge is -2.35. The molecule has 9 heteroatoms. The van der Waals surface area contributed by atoms with Crippen LogP contribution in [0.5, 0.6) is 5.75 Å². The molecule has 0 saturated carbocycles. The molecule has 0 spiro atoms. The number of aromatic nitrogens is 2. The Labute approximate surface area is 168 Å². The first-order valence-corrected chi connectivity index (χ1v) is 9.48. The predicted octanol–water partition coefficient (Wildman–Crippen LogP) is 2.25. The minimum absolute atomic E-state index is 0.0317. The Bertz CT molecular complexity index is 856. The largest absolute Gasteiger partial charge is 0.497 e. The van der Waals surface area contributed by atoms with Crippen LogP contribution in [-0.2, 0) is 9.53 Å². The average molecular weight is 408 g/mol. The van der Waals surface area contributed by atoms with Crippen LogP contribution in [0, 0.1) is 13.8 Å². The number of alkyl halides is 2. The maximum absolute atomic E-state index is 12.4. The van der Waals surface area contributed by atoms with Gasteiger partial charge in [-0.25, -0.2) is 13.5 Å². The Balaban J connectivity index is 1.85. The molecular formula is C20H26F2N4O3. The van der Waals surface area contributed by atoms with Crippen LogP contribution in [0.15, 0.2) is 24.3 Å². The van der Waals surface area contributed by atoms with E-state index in [1.165, 1.54) is 0 Å². The van der Waals surface area contributed by atoms with Gasteiger partial charge in [-0.2, -0.15) is 5.10 Å². The number of hydrogen-bond acceptors (Lipinski definition) is 5. The first-order valence-electron chi connectivity index (χ1n) is 9.48. The number of rotatable bonds is 7. The molecule has 3 rings (SSSR count). The van der Waals surface area contributed by atoms with Crippen LogP contribution in [0.2, 0.25) is 0 Å². The number of methoxy groups -OCH3 is 1. The molecule has 1 saturated heterocycles. The fourth-order valence-corrected chi connectivity index (χ4v) is 3.66. The summed E-state index contributed by atoms with van der Waals surface area (Å²) in [6.45, 7) is 4.72. The molecule has 1 amide bonds. The van der Waals surface area contributed by atoms with Crippen molar-refractivity contribution >= 4 is 5.91 Å². The van der Waals surface area contributed by atoms with Gasteiger partial charge in [-0.15, -0.1) is 0 Å². The maximum Gasteiger partial charge on any atom is 0.255 e. The van der Waals surface area contributed by atoms with Crippen LogP contribution < -0.4 is 10.1 Å². The lowest BCUT2D eigenvalue weighted by molar-refractivity contribution is -0.125. The van der Waals surface area contributed by atoms with Crippen molar-refractivity contribution in [1.29, 1.82) is 0 Å². The minimum Gasteiger partial charge on any atom is -0.497 e. The lowest BCUT2D eigenvalue weighted by Crippen LogP contribution is -2.46. The molecule has 0 radical (unpaired) electrons. The van der Waals surface area contributed by atoms with E-state index in [9.17, 15) is 13.6 Å². The van der Waals surface area contributed by atoms with Crippen LogP contribution in [0.1, 0.15) is 23.0 Å². The third-order valence-electron chi connectivity index (χ3n) is 5.02. The van der Waals surface area contributed by atoms with Crippen molar-refractivity contribution < 1.29 is 23.0 Å². The normalized spacial score (nSPS) is 17.5. The van der Waals surface area contributed by atoms with Gasteiger partial charge in [0.1, 0.15) is 5.75 Å². The molecule has 1 aliphatic heterocycles. The molecule has 29 heavy (non-hydrogen) atoms. The van der Waals surface area contributed by atoms with Crippen molar-refractivity contribution in [2.24, 2.45) is 0 Å². The Morgan fingerprint density at radius 3 is 2.93 bits per heavy atom. The molecule has 1 N–H and O–H groups in total. The van der Waals surface area contributed by atoms with Crippen molar-refractivity contribution in [2.45, 2.75) is 26.3 Å². The first-order chi connectivity index (χ1) is 13.9. The van der Waals surface area contributed by atoms with Crippen molar-refractivity contribution in [1.82, 2.24) is 20.0 Å². The summed E-state index contributed by atoms with van der Waals surface area (Å²) >= 11 is 0. The first kappa shape index (κ1) is 21.2. The second-order valence-electron chi connectivity index (χ2n) is 6.95. The van der Waals surface area contributed by atoms with E-state index in [-0.39, 0.29) is 12.6 Å². The summed E-state index contributed by atoms with van der Waals surface area (Å²) in [7, 11) is 1.61. The maximum atomic E-state index is 12.4. The van der Waals surface area contributed by atoms with Crippen molar-refractivity contribution in [3.63, 3.8) is 0 Å². The van der Waals surface area contributed by atoms with Crippen LogP contribution in [0.3, 0.4) is 0 Å². The molecule has 1 aromatic heterocycles. The second-order valence-corrected chi connectivity index (χ2v) is 6.95. The second kappa shape index (κ2) is 9.32. The molecule has 1 atom stereocenters. The van der Waals surface area contributed by atoms with E-state index in [0.717, 1.165) is 28.4 Å². The van der Waals surface area contributed by atoms with Crippen LogP contribution in [0.4, 0.5) is 8.78 Å². The number of benzene rings is 1. The zero-order chi connectivity index (χ0) is 21.0. The summed E-state index contributed by atoms with van der Waals surface area (Å²) in [5.74, 6) is 0.308. The average Bonchev–Trinajstić information content (AvgIpc) is 3.01. The molecule has 7 nitrogen and oxygen atoms in total. The third kappa shape index (κ3) is 4.91. The van der Waals surface area contributed by atoms with E-state index < -0.39 is 18.9 Å². The number of carbonyl (C=O) groups excluding carboxylic acids is 1. The summed E-state index contributed by atoms with van der Waals surface area (Å²) in [6.07, 6.45) is -2.56. The van der Waals surface area contributed by atoms with E-state index in [1.807, 2.05) is 47.7 Å². The van der Waals surface area contributed by atoms with Gasteiger partial charge in [0, 0.05) is 23.9 Å². The summed E-state index contributed by atoms with van der Waals surface area (Å²) in [6, 6.07) is 7.42. The fourth-order valence-electron chi connectivity index (χ4n) is 3.66. The lowest BCUT2D eigenvalue weighted by atomic mass is 10.0. The van der Waals surface area contributed by atoms with Gasteiger partial charge in [0.25, 0.3) is 6.43 Å². The molecule has 0 bridgehead atoms. The quantitative estimate of drug-likeness (QED) is 0.761. The van der Waals surface area contributed by atoms with Crippen molar-refractivity contribution in [3.8, 4) is 11.4 Å². The molecule has 0 aliphatic carbocycles. The van der Waals surface area contributed by atoms with Gasteiger partial charge in [0.2, 0.25) is 5.91 Å². The van der Waals surface area contributed by atoms with Crippen molar-refractivity contribution in [3.05, 3.63) is 41.2 Å². The van der Waals surface area contributed by atoms with Crippen molar-refractivity contribution in [2.75, 3.05) is 40.0 Å². The number of halogens is 2. The number of amides is 1. The monoisotopic (exact) mass is 408 g/mol. The Morgan fingerprint density at radius 1 is 1.41 bits per heavy atom. The van der Waals surface area contributed by atoms with Crippen LogP contribution >= 0.6 is 0 Å². The van der Waals surface area contributed by atoms with E-state index in [1.54, 1.807) is 7.11 Å². The number of carbonyl (C=O) groups is 1. The summed E-state index contributed by atoms with van der Waals surface area (Å²) < 4.78 is 37.5. The number of ether oxygens (including phenoxy) is 2. The molecule has 1 fully saturated rings. The highest BCUT2D eigenvalue weighted by atomic mass is 19.3. The zero-order valence-electron chi connectivity index (χ0n) is 16.8. The summed E-state index contributed by atoms with van der Waals surface area (Å²) in [4.78, 5) is 14.1. The number of hydrogen-bond donors (Lipinski definition) is 1. The van der Waals surface area contributed by atoms with Crippen LogP contribution in [-0.4, -0.2) is 67.0 Å². The Hall–Kier alpha value is -2.52. The highest BCUT2D eigenvalue weighted by molar-refractivity contribution is 5.78. The van der Waals surface area contributed by atoms with Crippen LogP contribution in [0.25, 0.3) is 5.69 Å². The Morgan fingerprint density at radius 2 is 2.21 bits per heavy atom. The van der Waals surface area contributed by atoms with Gasteiger partial charge in [-0.05, 0) is 26.0 Å². The Kier molecular flexibility index (Phi) is 6.81. The number of nitrogens with zero attached hydrogens (tertiary/aromatic N) is 3. The van der Waals surface area contributed by atoms with E-state index in [4.69, 9.17) is 9.47 Å². The predicted molar refractivity (Wildman–Crippen MR) is 104 cm³/mol. The topological polar surface area (TPSA) is 68.6 Å². The zero-order valence-corrected chi connectivity index (χ0v) is 16.8. The molecule has 158 valence electrons. The van der Waals surface area contributed by atoms with Gasteiger partial charge in [-0.3, -0.25) is 9.69 Å². The highest BCUT2D eigenvalue weighted by Gasteiger charge is 2.31. The van der Waals surface area contributed by atoms with Gasteiger partial charge in [0.15, 0.2) is 0 Å². The number of aryl methyl sites for hydroxylation is 1. The molecular weight excluding hydrogens is 382 g/mol. The van der Waals surface area contributed by atoms with Gasteiger partial charge < -0.3 is 14.8 Å². The third-order valence-corrected chi connectivity index (χ3v) is 5.02. The minimum atomic E-state index is -2.56. The number of nitrogens with one attached hydrogen (secondary N) is 1. The molecule has 2 aromatic rings. The SMILES string of the molecule is COc1cccc(-n2nc(C)c(C3COCCN3CC(=O)NCC(F)F)c2C)c1. The molecule has 1 aromatic carbocycles. The summed E-state index contributed by atoms with van der Waals surface area (Å²) in [5, 5.41) is 6.95. The van der Waals surface area contributed by atoms with Gasteiger partial charge in [0.05, 0.1) is 50.8 Å². The van der Waals surface area contributed by atoms with E-state index in [0.29, 0.717) is 19.8 Å². The van der Waals surface area contributed by atoms with Gasteiger partial charge in [-0.1, -0.05) is 6.07 Å². The van der Waals surface area contributed by atoms with E-state index in [2.05, 4.69) is 10.4 Å². The fraction of sp³-hybridized carbons (Fsp3) is 0.500. The molecule has 1 aliphatic rings. The highest BCUT2D eigenvalue weighted by Crippen LogP contribution is 2.31. The molecule has 2 heterocycles. The number of morpholine rings is 1.